The summed E-state index contributed by atoms with van der Waals surface area (Å²) in [7, 11) is 0. The molecule has 0 aliphatic heterocycles. The molecule has 1 amide bonds. The summed E-state index contributed by atoms with van der Waals surface area (Å²) in [6.45, 7) is 5.67. The van der Waals surface area contributed by atoms with Crippen LogP contribution in [0.2, 0.25) is 0 Å². The molecule has 104 valence electrons. The van der Waals surface area contributed by atoms with E-state index in [2.05, 4.69) is 5.32 Å². The normalized spacial score (nSPS) is 10.5. The van der Waals surface area contributed by atoms with Crippen LogP contribution in [0.3, 0.4) is 0 Å². The van der Waals surface area contributed by atoms with Crippen molar-refractivity contribution in [2.24, 2.45) is 5.92 Å². The lowest BCUT2D eigenvalue weighted by molar-refractivity contribution is -0.385. The maximum absolute atomic E-state index is 11.6. The monoisotopic (exact) mass is 267 g/mol. The largest absolute Gasteiger partial charge is 0.354 e. The van der Waals surface area contributed by atoms with Crippen LogP contribution in [0.15, 0.2) is 17.1 Å². The number of carbonyl (C=O) groups is 1. The van der Waals surface area contributed by atoms with Crippen LogP contribution in [0.25, 0.3) is 0 Å². The van der Waals surface area contributed by atoms with Crippen molar-refractivity contribution in [3.05, 3.63) is 38.3 Å². The molecule has 0 aliphatic carbocycles. The van der Waals surface area contributed by atoms with Crippen LogP contribution in [0, 0.1) is 23.0 Å². The Morgan fingerprint density at radius 2 is 2.16 bits per heavy atom. The number of pyridine rings is 1. The summed E-state index contributed by atoms with van der Waals surface area (Å²) < 4.78 is 1.04. The van der Waals surface area contributed by atoms with Gasteiger partial charge in [-0.25, -0.2) is 0 Å². The van der Waals surface area contributed by atoms with E-state index in [-0.39, 0.29) is 23.7 Å². The molecule has 0 bridgehead atoms. The number of hydrogen-bond acceptors (Lipinski definition) is 4. The molecule has 0 aromatic carbocycles. The smallest absolute Gasteiger partial charge is 0.288 e. The zero-order chi connectivity index (χ0) is 14.6. The molecule has 19 heavy (non-hydrogen) atoms. The fourth-order valence-electron chi connectivity index (χ4n) is 1.50. The molecule has 7 nitrogen and oxygen atoms in total. The Hall–Kier alpha value is -2.18. The zero-order valence-corrected chi connectivity index (χ0v) is 11.2. The minimum absolute atomic E-state index is 0.170. The molecule has 0 atom stereocenters. The van der Waals surface area contributed by atoms with Crippen molar-refractivity contribution in [2.45, 2.75) is 27.3 Å². The van der Waals surface area contributed by atoms with Gasteiger partial charge in [0.2, 0.25) is 5.91 Å². The Morgan fingerprint density at radius 1 is 1.53 bits per heavy atom. The molecule has 0 radical (unpaired) electrons. The van der Waals surface area contributed by atoms with E-state index in [9.17, 15) is 19.7 Å². The second-order valence-corrected chi connectivity index (χ2v) is 4.76. The first-order valence-corrected chi connectivity index (χ1v) is 5.93. The van der Waals surface area contributed by atoms with E-state index in [1.807, 2.05) is 13.8 Å². The molecule has 1 rings (SSSR count). The Kier molecular flexibility index (Phi) is 4.80. The molecule has 0 unspecified atom stereocenters. The van der Waals surface area contributed by atoms with Crippen molar-refractivity contribution in [3.8, 4) is 0 Å². The molecule has 1 aromatic heterocycles. The zero-order valence-electron chi connectivity index (χ0n) is 11.2. The Balaban J connectivity index is 2.89. The maximum Gasteiger partial charge on any atom is 0.288 e. The quantitative estimate of drug-likeness (QED) is 0.631. The van der Waals surface area contributed by atoms with Gasteiger partial charge >= 0.3 is 0 Å². The van der Waals surface area contributed by atoms with Crippen LogP contribution >= 0.6 is 0 Å². The van der Waals surface area contributed by atoms with Gasteiger partial charge in [0.05, 0.1) is 11.1 Å². The molecule has 1 aromatic rings. The van der Waals surface area contributed by atoms with Crippen LogP contribution in [0.5, 0.6) is 0 Å². The number of nitrogens with one attached hydrogen (secondary N) is 1. The fraction of sp³-hybridized carbons (Fsp3) is 0.500. The van der Waals surface area contributed by atoms with E-state index in [0.29, 0.717) is 12.5 Å². The number of carbonyl (C=O) groups excluding carboxylic acids is 1. The molecule has 0 spiro atoms. The third kappa shape index (κ3) is 4.20. The molecule has 0 saturated heterocycles. The summed E-state index contributed by atoms with van der Waals surface area (Å²) in [6.07, 6.45) is 1.10. The highest BCUT2D eigenvalue weighted by atomic mass is 16.6. The number of rotatable bonds is 5. The van der Waals surface area contributed by atoms with Gasteiger partial charge in [-0.3, -0.25) is 24.3 Å². The SMILES string of the molecule is Cc1cc(=O)n(CC(=O)NCC(C)C)cc1[N+](=O)[O-]. The standard InChI is InChI=1S/C12H17N3O4/c1-8(2)5-13-11(16)7-14-6-10(15(18)19)9(3)4-12(14)17/h4,6,8H,5,7H2,1-3H3,(H,13,16). The highest BCUT2D eigenvalue weighted by Gasteiger charge is 2.14. The van der Waals surface area contributed by atoms with Crippen molar-refractivity contribution in [1.82, 2.24) is 9.88 Å². The number of hydrogen-bond donors (Lipinski definition) is 1. The van der Waals surface area contributed by atoms with Crippen molar-refractivity contribution in [1.29, 1.82) is 0 Å². The van der Waals surface area contributed by atoms with Crippen molar-refractivity contribution in [2.75, 3.05) is 6.54 Å². The minimum atomic E-state index is -0.572. The van der Waals surface area contributed by atoms with Gasteiger partial charge in [-0.2, -0.15) is 0 Å². The number of aromatic nitrogens is 1. The van der Waals surface area contributed by atoms with Crippen LogP contribution in [0.1, 0.15) is 19.4 Å². The average molecular weight is 267 g/mol. The van der Waals surface area contributed by atoms with E-state index in [1.165, 1.54) is 6.92 Å². The average Bonchev–Trinajstić information content (AvgIpc) is 2.29. The van der Waals surface area contributed by atoms with E-state index in [0.717, 1.165) is 16.8 Å². The summed E-state index contributed by atoms with van der Waals surface area (Å²) in [5.74, 6) is -0.0398. The lowest BCUT2D eigenvalue weighted by Gasteiger charge is -2.09. The predicted octanol–water partition coefficient (Wildman–Crippen LogP) is 0.837. The lowest BCUT2D eigenvalue weighted by Crippen LogP contribution is -2.34. The molecule has 0 aliphatic rings. The number of aryl methyl sites for hydroxylation is 1. The Morgan fingerprint density at radius 3 is 2.68 bits per heavy atom. The number of nitro groups is 1. The van der Waals surface area contributed by atoms with E-state index >= 15 is 0 Å². The van der Waals surface area contributed by atoms with Gasteiger partial charge in [-0.1, -0.05) is 13.8 Å². The molecular formula is C12H17N3O4. The molecule has 7 heteroatoms. The van der Waals surface area contributed by atoms with Crippen LogP contribution in [-0.2, 0) is 11.3 Å². The van der Waals surface area contributed by atoms with Crippen LogP contribution in [-0.4, -0.2) is 21.9 Å². The van der Waals surface area contributed by atoms with Gasteiger partial charge in [-0.05, 0) is 12.8 Å². The second-order valence-electron chi connectivity index (χ2n) is 4.76. The highest BCUT2D eigenvalue weighted by molar-refractivity contribution is 5.75. The van der Waals surface area contributed by atoms with Crippen LogP contribution < -0.4 is 10.9 Å². The molecule has 1 heterocycles. The van der Waals surface area contributed by atoms with Gasteiger partial charge in [0.15, 0.2) is 0 Å². The van der Waals surface area contributed by atoms with Gasteiger partial charge in [-0.15, -0.1) is 0 Å². The van der Waals surface area contributed by atoms with Crippen molar-refractivity contribution >= 4 is 11.6 Å². The Labute approximate surface area is 110 Å². The summed E-state index contributed by atoms with van der Waals surface area (Å²) >= 11 is 0. The first-order valence-electron chi connectivity index (χ1n) is 5.93. The lowest BCUT2D eigenvalue weighted by atomic mass is 10.2. The topological polar surface area (TPSA) is 94.2 Å². The highest BCUT2D eigenvalue weighted by Crippen LogP contribution is 2.13. The van der Waals surface area contributed by atoms with Gasteiger partial charge in [0.25, 0.3) is 11.2 Å². The third-order valence-corrected chi connectivity index (χ3v) is 2.52. The van der Waals surface area contributed by atoms with E-state index in [1.54, 1.807) is 0 Å². The molecule has 0 fully saturated rings. The minimum Gasteiger partial charge on any atom is -0.354 e. The third-order valence-electron chi connectivity index (χ3n) is 2.52. The molecule has 0 saturated carbocycles. The Bertz CT molecular complexity index is 548. The number of nitrogens with zero attached hydrogens (tertiary/aromatic N) is 2. The summed E-state index contributed by atoms with van der Waals surface area (Å²) in [6, 6.07) is 1.16. The van der Waals surface area contributed by atoms with Gasteiger partial charge in [0, 0.05) is 18.2 Å². The van der Waals surface area contributed by atoms with Crippen molar-refractivity contribution in [3.63, 3.8) is 0 Å². The number of amides is 1. The fourth-order valence-corrected chi connectivity index (χ4v) is 1.50. The maximum atomic E-state index is 11.6. The van der Waals surface area contributed by atoms with Crippen LogP contribution in [0.4, 0.5) is 5.69 Å². The van der Waals surface area contributed by atoms with E-state index in [4.69, 9.17) is 0 Å². The van der Waals surface area contributed by atoms with Gasteiger partial charge < -0.3 is 5.32 Å². The molecule has 1 N–H and O–H groups in total. The first kappa shape index (κ1) is 14.9. The van der Waals surface area contributed by atoms with Crippen molar-refractivity contribution < 1.29 is 9.72 Å². The van der Waals surface area contributed by atoms with Gasteiger partial charge in [0.1, 0.15) is 6.54 Å². The summed E-state index contributed by atoms with van der Waals surface area (Å²) in [5.41, 5.74) is -0.312. The first-order chi connectivity index (χ1) is 8.81. The summed E-state index contributed by atoms with van der Waals surface area (Å²) in [5, 5.41) is 13.4. The summed E-state index contributed by atoms with van der Waals surface area (Å²) in [4.78, 5) is 33.4. The molecular weight excluding hydrogens is 250 g/mol. The van der Waals surface area contributed by atoms with E-state index < -0.39 is 10.5 Å². The predicted molar refractivity (Wildman–Crippen MR) is 69.9 cm³/mol. The second kappa shape index (κ2) is 6.12.